The van der Waals surface area contributed by atoms with E-state index in [1.54, 1.807) is 0 Å². The molecule has 4 nitrogen and oxygen atoms in total. The quantitative estimate of drug-likeness (QED) is 0.658. The molecular weight excluding hydrogens is 199 g/mol. The van der Waals surface area contributed by atoms with E-state index >= 15 is 0 Å². The van der Waals surface area contributed by atoms with Crippen LogP contribution in [0.4, 0.5) is 0 Å². The van der Waals surface area contributed by atoms with Gasteiger partial charge in [0.2, 0.25) is 6.35 Å². The molecule has 0 spiro atoms. The second-order valence-corrected chi connectivity index (χ2v) is 5.29. The van der Waals surface area contributed by atoms with Crippen molar-refractivity contribution in [2.75, 3.05) is 19.1 Å². The van der Waals surface area contributed by atoms with Crippen LogP contribution in [0.25, 0.3) is 0 Å². The zero-order valence-electron chi connectivity index (χ0n) is 8.77. The molecule has 80 valence electrons. The minimum atomic E-state index is -1.35. The largest absolute Gasteiger partial charge is 0.367 e. The fourth-order valence-electron chi connectivity index (χ4n) is 0.802. The Hall–Kier alpha value is -0.490. The third kappa shape index (κ3) is 8.12. The van der Waals surface area contributed by atoms with Crippen molar-refractivity contribution in [2.45, 2.75) is 26.3 Å². The molecule has 5 heteroatoms. The van der Waals surface area contributed by atoms with E-state index in [1.165, 1.54) is 0 Å². The Morgan fingerprint density at radius 1 is 1.57 bits per heavy atom. The fourth-order valence-corrected chi connectivity index (χ4v) is 1.81. The van der Waals surface area contributed by atoms with E-state index in [0.717, 1.165) is 0 Å². The Balaban J connectivity index is 3.43. The van der Waals surface area contributed by atoms with Crippen LogP contribution in [0, 0.1) is 17.2 Å². The SMILES string of the molecule is CC(C)COC[P+](=O)CCC(N)C#N. The van der Waals surface area contributed by atoms with Gasteiger partial charge in [0.15, 0.2) is 6.16 Å². The maximum absolute atomic E-state index is 11.3. The van der Waals surface area contributed by atoms with Gasteiger partial charge in [0.1, 0.15) is 0 Å². The molecule has 2 N–H and O–H groups in total. The molecule has 0 aliphatic carbocycles. The molecule has 0 radical (unpaired) electrons. The maximum atomic E-state index is 11.3. The van der Waals surface area contributed by atoms with Gasteiger partial charge in [-0.15, -0.1) is 0 Å². The van der Waals surface area contributed by atoms with Crippen molar-refractivity contribution in [3.63, 3.8) is 0 Å². The minimum absolute atomic E-state index is 0.283. The molecule has 0 aromatic carbocycles. The summed E-state index contributed by atoms with van der Waals surface area (Å²) >= 11 is 0. The van der Waals surface area contributed by atoms with Crippen LogP contribution in [0.2, 0.25) is 0 Å². The first-order chi connectivity index (χ1) is 6.56. The average molecular weight is 217 g/mol. The molecule has 2 atom stereocenters. The highest BCUT2D eigenvalue weighted by molar-refractivity contribution is 7.44. The van der Waals surface area contributed by atoms with E-state index in [0.29, 0.717) is 25.1 Å². The van der Waals surface area contributed by atoms with Crippen LogP contribution in [0.5, 0.6) is 0 Å². The number of nitrogens with two attached hydrogens (primary N) is 1. The Kier molecular flexibility index (Phi) is 7.60. The Labute approximate surface area is 86.2 Å². The number of nitriles is 1. The van der Waals surface area contributed by atoms with Crippen molar-refractivity contribution in [2.24, 2.45) is 11.7 Å². The Morgan fingerprint density at radius 2 is 2.21 bits per heavy atom. The van der Waals surface area contributed by atoms with Gasteiger partial charge in [-0.25, -0.2) is 0 Å². The number of hydrogen-bond donors (Lipinski definition) is 1. The Bertz CT molecular complexity index is 213. The summed E-state index contributed by atoms with van der Waals surface area (Å²) in [6.07, 6.45) is 1.24. The van der Waals surface area contributed by atoms with Crippen molar-refractivity contribution in [3.05, 3.63) is 0 Å². The van der Waals surface area contributed by atoms with Crippen LogP contribution in [0.3, 0.4) is 0 Å². The standard InChI is InChI=1S/C9H18N2O2P/c1-8(2)6-13-7-14(12)4-3-9(11)5-10/h8-9H,3-4,6-7,11H2,1-2H3/q+1. The predicted octanol–water partition coefficient (Wildman–Crippen LogP) is 1.68. The van der Waals surface area contributed by atoms with Crippen LogP contribution < -0.4 is 5.73 Å². The van der Waals surface area contributed by atoms with Crippen LogP contribution in [-0.2, 0) is 9.30 Å². The molecule has 0 amide bonds. The van der Waals surface area contributed by atoms with Crippen LogP contribution >= 0.6 is 7.80 Å². The topological polar surface area (TPSA) is 76.1 Å². The molecule has 0 saturated carbocycles. The second-order valence-electron chi connectivity index (χ2n) is 3.62. The lowest BCUT2D eigenvalue weighted by atomic mass is 10.2. The molecule has 0 heterocycles. The zero-order chi connectivity index (χ0) is 11.0. The molecule has 0 saturated heterocycles. The summed E-state index contributed by atoms with van der Waals surface area (Å²) in [6.45, 7) is 4.71. The summed E-state index contributed by atoms with van der Waals surface area (Å²) in [5.41, 5.74) is 5.37. The molecule has 0 bridgehead atoms. The molecule has 0 aromatic heterocycles. The van der Waals surface area contributed by atoms with Gasteiger partial charge in [-0.3, -0.25) is 0 Å². The summed E-state index contributed by atoms with van der Waals surface area (Å²) in [5, 5.41) is 8.40. The lowest BCUT2D eigenvalue weighted by molar-refractivity contribution is 0.148. The minimum Gasteiger partial charge on any atom is -0.337 e. The fraction of sp³-hybridized carbons (Fsp3) is 0.889. The van der Waals surface area contributed by atoms with Crippen molar-refractivity contribution in [1.82, 2.24) is 0 Å². The summed E-state index contributed by atoms with van der Waals surface area (Å²) in [5.74, 6) is 0.458. The molecule has 0 aliphatic rings. The molecule has 0 fully saturated rings. The van der Waals surface area contributed by atoms with Gasteiger partial charge < -0.3 is 10.5 Å². The second kappa shape index (κ2) is 7.87. The van der Waals surface area contributed by atoms with Gasteiger partial charge in [0.05, 0.1) is 18.7 Å². The lowest BCUT2D eigenvalue weighted by Gasteiger charge is -2.01. The summed E-state index contributed by atoms with van der Waals surface area (Å²) in [4.78, 5) is 0. The molecule has 0 rings (SSSR count). The summed E-state index contributed by atoms with van der Waals surface area (Å²) < 4.78 is 16.5. The van der Waals surface area contributed by atoms with Gasteiger partial charge in [-0.1, -0.05) is 18.4 Å². The van der Waals surface area contributed by atoms with Gasteiger partial charge in [-0.05, 0) is 5.92 Å². The van der Waals surface area contributed by atoms with Crippen LogP contribution in [0.15, 0.2) is 0 Å². The Morgan fingerprint density at radius 3 is 2.71 bits per heavy atom. The van der Waals surface area contributed by atoms with Crippen LogP contribution in [0.1, 0.15) is 20.3 Å². The zero-order valence-corrected chi connectivity index (χ0v) is 9.67. The van der Waals surface area contributed by atoms with Gasteiger partial charge in [0.25, 0.3) is 0 Å². The molecule has 2 unspecified atom stereocenters. The molecule has 14 heavy (non-hydrogen) atoms. The lowest BCUT2D eigenvalue weighted by Crippen LogP contribution is -2.17. The third-order valence-corrected chi connectivity index (χ3v) is 2.77. The van der Waals surface area contributed by atoms with Crippen molar-refractivity contribution < 1.29 is 9.30 Å². The average Bonchev–Trinajstić information content (AvgIpc) is 2.13. The van der Waals surface area contributed by atoms with Crippen molar-refractivity contribution in [1.29, 1.82) is 5.26 Å². The first-order valence-electron chi connectivity index (χ1n) is 4.71. The first kappa shape index (κ1) is 13.5. The highest BCUT2D eigenvalue weighted by Gasteiger charge is 2.17. The highest BCUT2D eigenvalue weighted by Crippen LogP contribution is 2.21. The first-order valence-corrected chi connectivity index (χ1v) is 6.34. The predicted molar refractivity (Wildman–Crippen MR) is 56.3 cm³/mol. The van der Waals surface area contributed by atoms with E-state index in [2.05, 4.69) is 0 Å². The van der Waals surface area contributed by atoms with E-state index in [1.807, 2.05) is 19.9 Å². The van der Waals surface area contributed by atoms with Gasteiger partial charge >= 0.3 is 7.80 Å². The number of ether oxygens (including phenoxy) is 1. The van der Waals surface area contributed by atoms with E-state index in [-0.39, 0.29) is 6.35 Å². The van der Waals surface area contributed by atoms with Gasteiger partial charge in [-0.2, -0.15) is 5.26 Å². The van der Waals surface area contributed by atoms with Crippen molar-refractivity contribution in [3.8, 4) is 6.07 Å². The van der Waals surface area contributed by atoms with Gasteiger partial charge in [0, 0.05) is 6.42 Å². The number of hydrogen-bond acceptors (Lipinski definition) is 4. The monoisotopic (exact) mass is 217 g/mol. The third-order valence-electron chi connectivity index (χ3n) is 1.54. The summed E-state index contributed by atoms with van der Waals surface area (Å²) in [6, 6.07) is 1.40. The number of rotatable bonds is 7. The van der Waals surface area contributed by atoms with E-state index < -0.39 is 13.8 Å². The highest BCUT2D eigenvalue weighted by atomic mass is 31.1. The normalized spacial score (nSPS) is 13.8. The molecular formula is C9H18N2O2P+. The van der Waals surface area contributed by atoms with Crippen LogP contribution in [-0.4, -0.2) is 25.2 Å². The molecule has 0 aromatic rings. The summed E-state index contributed by atoms with van der Waals surface area (Å²) in [7, 11) is -1.35. The van der Waals surface area contributed by atoms with E-state index in [4.69, 9.17) is 15.7 Å². The maximum Gasteiger partial charge on any atom is 0.367 e. The van der Waals surface area contributed by atoms with E-state index in [9.17, 15) is 4.57 Å². The van der Waals surface area contributed by atoms with Crippen molar-refractivity contribution >= 4 is 7.80 Å². The molecule has 0 aliphatic heterocycles. The number of nitrogens with zero attached hydrogens (tertiary/aromatic N) is 1. The smallest absolute Gasteiger partial charge is 0.337 e.